The predicted octanol–water partition coefficient (Wildman–Crippen LogP) is 2.59. The van der Waals surface area contributed by atoms with E-state index in [1.807, 2.05) is 65.8 Å². The monoisotopic (exact) mass is 396 g/mol. The molecule has 3 aliphatic heterocycles. The van der Waals surface area contributed by atoms with E-state index in [1.165, 1.54) is 4.90 Å². The number of benzene rings is 1. The van der Waals surface area contributed by atoms with Crippen molar-refractivity contribution < 1.29 is 19.1 Å². The van der Waals surface area contributed by atoms with Crippen LogP contribution in [-0.4, -0.2) is 36.0 Å². The molecule has 2 saturated heterocycles. The molecule has 29 heavy (non-hydrogen) atoms. The average molecular weight is 396 g/mol. The maximum absolute atomic E-state index is 13.5. The van der Waals surface area contributed by atoms with E-state index in [2.05, 4.69) is 5.32 Å². The summed E-state index contributed by atoms with van der Waals surface area (Å²) in [6.45, 7) is 11.5. The van der Waals surface area contributed by atoms with Crippen LogP contribution in [0.25, 0.3) is 0 Å². The van der Waals surface area contributed by atoms with Gasteiger partial charge in [-0.1, -0.05) is 50.6 Å². The number of nitrogens with one attached hydrogen (secondary N) is 1. The number of hydrogen-bond donors (Lipinski definition) is 1. The summed E-state index contributed by atoms with van der Waals surface area (Å²) in [4.78, 5) is 40.6. The molecular formula is C23H28N2O4. The van der Waals surface area contributed by atoms with Crippen LogP contribution in [0.15, 0.2) is 24.3 Å². The normalized spacial score (nSPS) is 30.3. The van der Waals surface area contributed by atoms with E-state index in [4.69, 9.17) is 4.74 Å². The molecule has 0 saturated carbocycles. The molecule has 1 aromatic rings. The number of aryl methyl sites for hydroxylation is 3. The molecule has 2 bridgehead atoms. The van der Waals surface area contributed by atoms with E-state index in [-0.39, 0.29) is 24.3 Å². The Balaban J connectivity index is 1.68. The lowest BCUT2D eigenvalue weighted by molar-refractivity contribution is -0.132. The Kier molecular flexibility index (Phi) is 4.28. The molecule has 154 valence electrons. The molecule has 6 nitrogen and oxygen atoms in total. The van der Waals surface area contributed by atoms with Gasteiger partial charge in [0.15, 0.2) is 0 Å². The maximum atomic E-state index is 13.5. The Labute approximate surface area is 171 Å². The third kappa shape index (κ3) is 2.84. The van der Waals surface area contributed by atoms with E-state index in [0.29, 0.717) is 5.69 Å². The van der Waals surface area contributed by atoms with Crippen molar-refractivity contribution in [1.82, 2.24) is 5.32 Å². The highest BCUT2D eigenvalue weighted by Gasteiger charge is 2.68. The van der Waals surface area contributed by atoms with Gasteiger partial charge in [0.25, 0.3) is 0 Å². The topological polar surface area (TPSA) is 75.7 Å². The first-order chi connectivity index (χ1) is 13.5. The molecule has 1 N–H and O–H groups in total. The van der Waals surface area contributed by atoms with Crippen LogP contribution in [0.2, 0.25) is 0 Å². The summed E-state index contributed by atoms with van der Waals surface area (Å²) in [5.41, 5.74) is 2.06. The second kappa shape index (κ2) is 6.26. The first-order valence-corrected chi connectivity index (χ1v) is 10.1. The number of imide groups is 1. The van der Waals surface area contributed by atoms with Gasteiger partial charge in [0, 0.05) is 5.41 Å². The predicted molar refractivity (Wildman–Crippen MR) is 109 cm³/mol. The fourth-order valence-electron chi connectivity index (χ4n) is 4.94. The lowest BCUT2D eigenvalue weighted by Gasteiger charge is -2.31. The molecule has 0 aromatic heterocycles. The summed E-state index contributed by atoms with van der Waals surface area (Å²) in [7, 11) is 0. The van der Waals surface area contributed by atoms with Gasteiger partial charge in [0.2, 0.25) is 17.7 Å². The third-order valence-electron chi connectivity index (χ3n) is 6.22. The molecule has 4 atom stereocenters. The molecule has 0 unspecified atom stereocenters. The Hall–Kier alpha value is -2.47. The van der Waals surface area contributed by atoms with Crippen molar-refractivity contribution in [3.63, 3.8) is 0 Å². The molecule has 3 heterocycles. The van der Waals surface area contributed by atoms with Crippen LogP contribution in [0, 0.1) is 38.0 Å². The van der Waals surface area contributed by atoms with E-state index < -0.39 is 29.0 Å². The van der Waals surface area contributed by atoms with Crippen molar-refractivity contribution >= 4 is 23.4 Å². The number of carbonyl (C=O) groups is 3. The van der Waals surface area contributed by atoms with Gasteiger partial charge in [-0.2, -0.15) is 0 Å². The summed E-state index contributed by atoms with van der Waals surface area (Å²) in [6, 6.07) is 3.97. The highest BCUT2D eigenvalue weighted by atomic mass is 16.5. The summed E-state index contributed by atoms with van der Waals surface area (Å²) in [5.74, 6) is -1.74. The molecule has 1 aromatic carbocycles. The van der Waals surface area contributed by atoms with Gasteiger partial charge in [-0.25, -0.2) is 4.90 Å². The molecule has 2 fully saturated rings. The van der Waals surface area contributed by atoms with Gasteiger partial charge in [0.1, 0.15) is 5.60 Å². The lowest BCUT2D eigenvalue weighted by Crippen LogP contribution is -2.50. The SMILES string of the molecule is Cc1cc(C)c(N2C(=O)[C@H]3[C@@H](C2=O)[C@@]2(CNC(=O)C(C)(C)C)C=C[C@H]3O2)c(C)c1. The minimum atomic E-state index is -0.968. The molecule has 0 spiro atoms. The minimum Gasteiger partial charge on any atom is -0.360 e. The highest BCUT2D eigenvalue weighted by molar-refractivity contribution is 6.24. The summed E-state index contributed by atoms with van der Waals surface area (Å²) in [6.07, 6.45) is 3.28. The molecule has 3 aliphatic rings. The van der Waals surface area contributed by atoms with Crippen molar-refractivity contribution in [3.8, 4) is 0 Å². The number of rotatable bonds is 3. The second-order valence-corrected chi connectivity index (χ2v) is 9.59. The van der Waals surface area contributed by atoms with Gasteiger partial charge in [-0.05, 0) is 31.9 Å². The second-order valence-electron chi connectivity index (χ2n) is 9.59. The Bertz CT molecular complexity index is 935. The van der Waals surface area contributed by atoms with Crippen molar-refractivity contribution in [2.75, 3.05) is 11.4 Å². The Morgan fingerprint density at radius 1 is 1.14 bits per heavy atom. The zero-order valence-corrected chi connectivity index (χ0v) is 17.8. The molecular weight excluding hydrogens is 368 g/mol. The van der Waals surface area contributed by atoms with Crippen molar-refractivity contribution in [2.24, 2.45) is 17.3 Å². The van der Waals surface area contributed by atoms with E-state index in [0.717, 1.165) is 16.7 Å². The molecule has 4 rings (SSSR count). The zero-order chi connectivity index (χ0) is 21.3. The first-order valence-electron chi connectivity index (χ1n) is 10.1. The number of fused-ring (bicyclic) bond motifs is 5. The maximum Gasteiger partial charge on any atom is 0.241 e. The first kappa shape index (κ1) is 19.8. The van der Waals surface area contributed by atoms with Crippen molar-refractivity contribution in [1.29, 1.82) is 0 Å². The van der Waals surface area contributed by atoms with E-state index >= 15 is 0 Å². The minimum absolute atomic E-state index is 0.116. The van der Waals surface area contributed by atoms with Crippen LogP contribution in [0.1, 0.15) is 37.5 Å². The molecule has 6 heteroatoms. The van der Waals surface area contributed by atoms with Gasteiger partial charge in [-0.3, -0.25) is 14.4 Å². The van der Waals surface area contributed by atoms with E-state index in [9.17, 15) is 14.4 Å². The standard InChI is InChI=1S/C23H28N2O4/c1-12-9-13(2)18(14(3)10-12)25-19(26)16-15-7-8-23(29-15,17(16)20(25)27)11-24-21(28)22(4,5)6/h7-10,15-17H,11H2,1-6H3,(H,24,28)/t15-,16-,17+,23+/m1/s1. The molecule has 3 amide bonds. The Morgan fingerprint density at radius 3 is 2.34 bits per heavy atom. The fourth-order valence-corrected chi connectivity index (χ4v) is 4.94. The number of anilines is 1. The van der Waals surface area contributed by atoms with Gasteiger partial charge >= 0.3 is 0 Å². The summed E-state index contributed by atoms with van der Waals surface area (Å²) < 4.78 is 6.10. The van der Waals surface area contributed by atoms with Gasteiger partial charge in [0.05, 0.1) is 30.2 Å². The Morgan fingerprint density at radius 2 is 1.76 bits per heavy atom. The van der Waals surface area contributed by atoms with Crippen LogP contribution < -0.4 is 10.2 Å². The number of hydrogen-bond acceptors (Lipinski definition) is 4. The van der Waals surface area contributed by atoms with Crippen LogP contribution in [-0.2, 0) is 19.1 Å². The number of amides is 3. The fraction of sp³-hybridized carbons (Fsp3) is 0.522. The van der Waals surface area contributed by atoms with Crippen LogP contribution >= 0.6 is 0 Å². The quantitative estimate of drug-likeness (QED) is 0.629. The summed E-state index contributed by atoms with van der Waals surface area (Å²) in [5, 5.41) is 2.92. The van der Waals surface area contributed by atoms with Gasteiger partial charge < -0.3 is 10.1 Å². The highest BCUT2D eigenvalue weighted by Crippen LogP contribution is 2.52. The number of nitrogens with zero attached hydrogens (tertiary/aromatic N) is 1. The average Bonchev–Trinajstić information content (AvgIpc) is 3.24. The molecule has 0 aliphatic carbocycles. The largest absolute Gasteiger partial charge is 0.360 e. The number of ether oxygens (including phenoxy) is 1. The van der Waals surface area contributed by atoms with Crippen LogP contribution in [0.5, 0.6) is 0 Å². The third-order valence-corrected chi connectivity index (χ3v) is 6.22. The van der Waals surface area contributed by atoms with Crippen molar-refractivity contribution in [2.45, 2.75) is 53.2 Å². The van der Waals surface area contributed by atoms with Crippen molar-refractivity contribution in [3.05, 3.63) is 41.0 Å². The number of carbonyl (C=O) groups excluding carboxylic acids is 3. The van der Waals surface area contributed by atoms with Crippen LogP contribution in [0.3, 0.4) is 0 Å². The molecule has 0 radical (unpaired) electrons. The van der Waals surface area contributed by atoms with Gasteiger partial charge in [-0.15, -0.1) is 0 Å². The lowest BCUT2D eigenvalue weighted by atomic mass is 9.76. The van der Waals surface area contributed by atoms with E-state index in [1.54, 1.807) is 0 Å². The zero-order valence-electron chi connectivity index (χ0n) is 17.8. The smallest absolute Gasteiger partial charge is 0.241 e. The summed E-state index contributed by atoms with van der Waals surface area (Å²) >= 11 is 0. The van der Waals surface area contributed by atoms with Crippen LogP contribution in [0.4, 0.5) is 5.69 Å².